The summed E-state index contributed by atoms with van der Waals surface area (Å²) < 4.78 is 19.4. The monoisotopic (exact) mass is 598 g/mol. The van der Waals surface area contributed by atoms with Crippen molar-refractivity contribution < 1.29 is 18.7 Å². The fraction of sp³-hybridized carbons (Fsp3) is 0.148. The highest BCUT2D eigenvalue weighted by Crippen LogP contribution is 2.37. The average Bonchev–Trinajstić information content (AvgIpc) is 3.47. The Morgan fingerprint density at radius 3 is 2.73 bits per heavy atom. The van der Waals surface area contributed by atoms with Gasteiger partial charge in [-0.25, -0.2) is 9.79 Å². The van der Waals surface area contributed by atoms with E-state index in [-0.39, 0.29) is 11.1 Å². The van der Waals surface area contributed by atoms with Crippen molar-refractivity contribution in [2.45, 2.75) is 13.0 Å². The standard InChI is InChI=1S/C27H20BrClN2O5S/c1-14-23(26(33)35-3)24(19-12-17(29)7-9-21(19)34-2)31-25(32)22(37-27(31)30-14)13-18-8-10-20(36-18)15-5-4-6-16(28)11-15/h4-13,24H,1-3H3/b22-13-/t24-/m1/s1. The van der Waals surface area contributed by atoms with Gasteiger partial charge in [0, 0.05) is 26.7 Å². The summed E-state index contributed by atoms with van der Waals surface area (Å²) in [7, 11) is 2.81. The molecular weight excluding hydrogens is 580 g/mol. The Balaban J connectivity index is 1.69. The van der Waals surface area contributed by atoms with Crippen LogP contribution in [0.15, 0.2) is 84.5 Å². The molecule has 2 aromatic heterocycles. The molecule has 0 spiro atoms. The average molecular weight is 600 g/mol. The van der Waals surface area contributed by atoms with Crippen molar-refractivity contribution in [2.75, 3.05) is 14.2 Å². The molecule has 3 heterocycles. The lowest BCUT2D eigenvalue weighted by atomic mass is 9.95. The summed E-state index contributed by atoms with van der Waals surface area (Å²) in [6, 6.07) is 15.6. The summed E-state index contributed by atoms with van der Waals surface area (Å²) in [5.41, 5.74) is 1.80. The summed E-state index contributed by atoms with van der Waals surface area (Å²) in [4.78, 5) is 31.6. The van der Waals surface area contributed by atoms with Crippen LogP contribution in [0.2, 0.25) is 5.02 Å². The zero-order chi connectivity index (χ0) is 26.3. The number of methoxy groups -OCH3 is 2. The summed E-state index contributed by atoms with van der Waals surface area (Å²) in [5, 5.41) is 0.437. The van der Waals surface area contributed by atoms with Crippen LogP contribution in [0.1, 0.15) is 24.3 Å². The van der Waals surface area contributed by atoms with Crippen LogP contribution in [-0.4, -0.2) is 24.8 Å². The van der Waals surface area contributed by atoms with E-state index in [1.807, 2.05) is 30.3 Å². The van der Waals surface area contributed by atoms with Crippen molar-refractivity contribution in [1.29, 1.82) is 0 Å². The van der Waals surface area contributed by atoms with Crippen molar-refractivity contribution in [1.82, 2.24) is 4.57 Å². The van der Waals surface area contributed by atoms with E-state index in [2.05, 4.69) is 20.9 Å². The molecular formula is C27H20BrClN2O5S. The van der Waals surface area contributed by atoms with Gasteiger partial charge in [-0.2, -0.15) is 0 Å². The Labute approximate surface area is 229 Å². The number of aromatic nitrogens is 1. The first-order valence-corrected chi connectivity index (χ1v) is 13.1. The SMILES string of the molecule is COC(=O)C1=C(C)N=c2s/c(=C\c3ccc(-c4cccc(Br)c4)o3)c(=O)n2[C@@H]1c1cc(Cl)ccc1OC. The van der Waals surface area contributed by atoms with Crippen molar-refractivity contribution >= 4 is 50.9 Å². The van der Waals surface area contributed by atoms with Gasteiger partial charge in [-0.1, -0.05) is 51.0 Å². The minimum absolute atomic E-state index is 0.233. The third kappa shape index (κ3) is 4.70. The van der Waals surface area contributed by atoms with E-state index in [4.69, 9.17) is 25.5 Å². The maximum Gasteiger partial charge on any atom is 0.338 e. The molecule has 1 aliphatic heterocycles. The number of hydrogen-bond donors (Lipinski definition) is 0. The number of carbonyl (C=O) groups excluding carboxylic acids is 1. The molecule has 0 saturated heterocycles. The molecule has 188 valence electrons. The Kier molecular flexibility index (Phi) is 6.94. The second kappa shape index (κ2) is 10.2. The fourth-order valence-electron chi connectivity index (χ4n) is 4.26. The molecule has 10 heteroatoms. The van der Waals surface area contributed by atoms with E-state index in [9.17, 15) is 9.59 Å². The first-order chi connectivity index (χ1) is 17.8. The number of halogens is 2. The van der Waals surface area contributed by atoms with E-state index in [0.29, 0.717) is 42.9 Å². The molecule has 0 amide bonds. The maximum absolute atomic E-state index is 13.8. The summed E-state index contributed by atoms with van der Waals surface area (Å²) in [6.45, 7) is 1.71. The highest BCUT2D eigenvalue weighted by molar-refractivity contribution is 9.10. The topological polar surface area (TPSA) is 83.0 Å². The van der Waals surface area contributed by atoms with Gasteiger partial charge in [0.2, 0.25) is 0 Å². The van der Waals surface area contributed by atoms with E-state index in [0.717, 1.165) is 10.0 Å². The smallest absolute Gasteiger partial charge is 0.338 e. The number of hydrogen-bond acceptors (Lipinski definition) is 7. The van der Waals surface area contributed by atoms with Gasteiger partial charge in [-0.3, -0.25) is 9.36 Å². The molecule has 0 fully saturated rings. The van der Waals surface area contributed by atoms with Gasteiger partial charge in [0.1, 0.15) is 23.3 Å². The van der Waals surface area contributed by atoms with Crippen LogP contribution >= 0.6 is 38.9 Å². The first kappa shape index (κ1) is 25.3. The van der Waals surface area contributed by atoms with Crippen molar-refractivity contribution in [3.63, 3.8) is 0 Å². The third-order valence-corrected chi connectivity index (χ3v) is 7.63. The highest BCUT2D eigenvalue weighted by atomic mass is 79.9. The number of nitrogens with zero attached hydrogens (tertiary/aromatic N) is 2. The van der Waals surface area contributed by atoms with Crippen LogP contribution in [-0.2, 0) is 9.53 Å². The zero-order valence-corrected chi connectivity index (χ0v) is 23.1. The second-order valence-electron chi connectivity index (χ2n) is 8.17. The molecule has 5 rings (SSSR count). The van der Waals surface area contributed by atoms with Gasteiger partial charge in [0.25, 0.3) is 5.56 Å². The largest absolute Gasteiger partial charge is 0.496 e. The number of fused-ring (bicyclic) bond motifs is 1. The first-order valence-electron chi connectivity index (χ1n) is 11.1. The zero-order valence-electron chi connectivity index (χ0n) is 20.0. The van der Waals surface area contributed by atoms with Crippen LogP contribution < -0.4 is 19.6 Å². The number of ether oxygens (including phenoxy) is 2. The lowest BCUT2D eigenvalue weighted by Gasteiger charge is -2.25. The lowest BCUT2D eigenvalue weighted by Crippen LogP contribution is -2.40. The van der Waals surface area contributed by atoms with Crippen molar-refractivity contribution in [3.8, 4) is 17.1 Å². The van der Waals surface area contributed by atoms with Crippen LogP contribution in [0.5, 0.6) is 5.75 Å². The summed E-state index contributed by atoms with van der Waals surface area (Å²) in [5.74, 6) is 1.07. The van der Waals surface area contributed by atoms with E-state index >= 15 is 0 Å². The minimum atomic E-state index is -0.840. The summed E-state index contributed by atoms with van der Waals surface area (Å²) in [6.07, 6.45) is 1.68. The van der Waals surface area contributed by atoms with Crippen LogP contribution in [0.25, 0.3) is 17.4 Å². The van der Waals surface area contributed by atoms with Crippen LogP contribution in [0.4, 0.5) is 0 Å². The van der Waals surface area contributed by atoms with E-state index in [1.165, 1.54) is 30.1 Å². The normalized spacial score (nSPS) is 15.4. The number of allylic oxidation sites excluding steroid dienone is 1. The quantitative estimate of drug-likeness (QED) is 0.299. The molecule has 1 aliphatic rings. The molecule has 0 saturated carbocycles. The lowest BCUT2D eigenvalue weighted by molar-refractivity contribution is -0.136. The number of rotatable bonds is 5. The van der Waals surface area contributed by atoms with Gasteiger partial charge in [0.05, 0.1) is 30.0 Å². The Morgan fingerprint density at radius 1 is 1.19 bits per heavy atom. The summed E-state index contributed by atoms with van der Waals surface area (Å²) >= 11 is 11.0. The molecule has 0 radical (unpaired) electrons. The molecule has 0 unspecified atom stereocenters. The molecule has 0 aliphatic carbocycles. The number of thiazole rings is 1. The maximum atomic E-state index is 13.8. The van der Waals surface area contributed by atoms with E-state index in [1.54, 1.807) is 37.3 Å². The Bertz CT molecular complexity index is 1750. The third-order valence-electron chi connectivity index (χ3n) is 5.92. The van der Waals surface area contributed by atoms with Gasteiger partial charge < -0.3 is 13.9 Å². The molecule has 0 N–H and O–H groups in total. The van der Waals surface area contributed by atoms with Gasteiger partial charge in [-0.05, 0) is 49.4 Å². The molecule has 37 heavy (non-hydrogen) atoms. The number of carbonyl (C=O) groups is 1. The molecule has 4 aromatic rings. The van der Waals surface area contributed by atoms with Gasteiger partial charge in [0.15, 0.2) is 4.80 Å². The van der Waals surface area contributed by atoms with Gasteiger partial charge >= 0.3 is 5.97 Å². The van der Waals surface area contributed by atoms with E-state index < -0.39 is 12.0 Å². The molecule has 7 nitrogen and oxygen atoms in total. The van der Waals surface area contributed by atoms with Gasteiger partial charge in [-0.15, -0.1) is 0 Å². The van der Waals surface area contributed by atoms with Crippen molar-refractivity contribution in [3.05, 3.63) is 106 Å². The minimum Gasteiger partial charge on any atom is -0.496 e. The number of esters is 1. The van der Waals surface area contributed by atoms with Crippen molar-refractivity contribution in [2.24, 2.45) is 4.99 Å². The fourth-order valence-corrected chi connectivity index (χ4v) is 5.87. The molecule has 0 bridgehead atoms. The number of furan rings is 1. The predicted molar refractivity (Wildman–Crippen MR) is 146 cm³/mol. The predicted octanol–water partition coefficient (Wildman–Crippen LogP) is 5.09. The highest BCUT2D eigenvalue weighted by Gasteiger charge is 2.35. The van der Waals surface area contributed by atoms with Crippen LogP contribution in [0, 0.1) is 0 Å². The second-order valence-corrected chi connectivity index (χ2v) is 10.5. The molecule has 2 aromatic carbocycles. The Morgan fingerprint density at radius 2 is 2.00 bits per heavy atom. The Hall–Kier alpha value is -3.40. The van der Waals surface area contributed by atoms with Crippen LogP contribution in [0.3, 0.4) is 0 Å². The molecule has 1 atom stereocenters. The number of benzene rings is 2.